The maximum absolute atomic E-state index is 12.2. The van der Waals surface area contributed by atoms with Crippen LogP contribution in [0.1, 0.15) is 15.9 Å². The lowest BCUT2D eigenvalue weighted by molar-refractivity contribution is -0.109. The monoisotopic (exact) mass is 258 g/mol. The van der Waals surface area contributed by atoms with Gasteiger partial charge in [0.25, 0.3) is 0 Å². The van der Waals surface area contributed by atoms with Crippen LogP contribution in [0.5, 0.6) is 0 Å². The Hall–Kier alpha value is -3.24. The molecule has 0 N–H and O–H groups in total. The minimum Gasteiger partial charge on any atom is -0.285 e. The highest BCUT2D eigenvalue weighted by Crippen LogP contribution is 2.36. The molecule has 3 rings (SSSR count). The molecule has 0 atom stereocenters. The van der Waals surface area contributed by atoms with Crippen LogP contribution in [-0.4, -0.2) is 11.6 Å². The Balaban J connectivity index is 2.49. The molecule has 92 valence electrons. The van der Waals surface area contributed by atoms with Gasteiger partial charge in [0.1, 0.15) is 17.7 Å². The number of fused-ring (bicyclic) bond motifs is 3. The van der Waals surface area contributed by atoms with Crippen LogP contribution in [0.2, 0.25) is 0 Å². The molecule has 0 aliphatic heterocycles. The van der Waals surface area contributed by atoms with Crippen LogP contribution >= 0.6 is 0 Å². The summed E-state index contributed by atoms with van der Waals surface area (Å²) in [5.74, 6) is -1.44. The second kappa shape index (κ2) is 4.15. The minimum absolute atomic E-state index is 0.0826. The zero-order chi connectivity index (χ0) is 14.3. The molecule has 0 radical (unpaired) electrons. The maximum Gasteiger partial charge on any atom is 0.236 e. The van der Waals surface area contributed by atoms with Gasteiger partial charge in [0.2, 0.25) is 11.6 Å². The first-order valence-electron chi connectivity index (χ1n) is 5.84. The average molecular weight is 258 g/mol. The molecule has 0 saturated heterocycles. The third kappa shape index (κ3) is 1.39. The number of hydrogen-bond acceptors (Lipinski definition) is 4. The molecule has 0 spiro atoms. The van der Waals surface area contributed by atoms with Crippen molar-refractivity contribution in [3.05, 3.63) is 53.1 Å². The highest BCUT2D eigenvalue weighted by molar-refractivity contribution is 6.64. The molecule has 4 heteroatoms. The highest BCUT2D eigenvalue weighted by Gasteiger charge is 2.37. The second-order valence-corrected chi connectivity index (χ2v) is 4.34. The van der Waals surface area contributed by atoms with E-state index in [4.69, 9.17) is 10.5 Å². The largest absolute Gasteiger partial charge is 0.285 e. The predicted octanol–water partition coefficient (Wildman–Crippen LogP) is 2.41. The van der Waals surface area contributed by atoms with Gasteiger partial charge in [0.05, 0.1) is 5.57 Å². The lowest BCUT2D eigenvalue weighted by Gasteiger charge is -2.03. The van der Waals surface area contributed by atoms with Crippen LogP contribution < -0.4 is 0 Å². The van der Waals surface area contributed by atoms with Gasteiger partial charge in [0, 0.05) is 5.56 Å². The molecule has 0 bridgehead atoms. The van der Waals surface area contributed by atoms with Crippen LogP contribution in [0, 0.1) is 22.7 Å². The first kappa shape index (κ1) is 11.8. The fourth-order valence-electron chi connectivity index (χ4n) is 2.46. The van der Waals surface area contributed by atoms with E-state index in [-0.39, 0.29) is 16.7 Å². The number of carbonyl (C=O) groups is 2. The van der Waals surface area contributed by atoms with Crippen molar-refractivity contribution in [3.8, 4) is 12.1 Å². The molecule has 0 amide bonds. The van der Waals surface area contributed by atoms with Crippen molar-refractivity contribution in [3.63, 3.8) is 0 Å². The van der Waals surface area contributed by atoms with Crippen LogP contribution in [-0.2, 0) is 4.79 Å². The fraction of sp³-hybridized carbons (Fsp3) is 0. The fourth-order valence-corrected chi connectivity index (χ4v) is 2.46. The van der Waals surface area contributed by atoms with E-state index in [0.29, 0.717) is 10.9 Å². The number of ketones is 2. The van der Waals surface area contributed by atoms with Gasteiger partial charge in [-0.25, -0.2) is 0 Å². The highest BCUT2D eigenvalue weighted by atomic mass is 16.2. The van der Waals surface area contributed by atoms with Gasteiger partial charge >= 0.3 is 0 Å². The molecule has 0 unspecified atom stereocenters. The van der Waals surface area contributed by atoms with Crippen molar-refractivity contribution in [2.45, 2.75) is 0 Å². The summed E-state index contributed by atoms with van der Waals surface area (Å²) in [5.41, 5.74) is 0.251. The summed E-state index contributed by atoms with van der Waals surface area (Å²) >= 11 is 0. The Morgan fingerprint density at radius 2 is 1.60 bits per heavy atom. The molecule has 0 saturated carbocycles. The summed E-state index contributed by atoms with van der Waals surface area (Å²) in [7, 11) is 0. The molecule has 1 aliphatic rings. The Morgan fingerprint density at radius 1 is 0.900 bits per heavy atom. The topological polar surface area (TPSA) is 81.7 Å². The molecular formula is C16H6N2O2. The first-order valence-corrected chi connectivity index (χ1v) is 5.84. The predicted molar refractivity (Wildman–Crippen MR) is 71.4 cm³/mol. The van der Waals surface area contributed by atoms with E-state index in [1.54, 1.807) is 36.4 Å². The van der Waals surface area contributed by atoms with E-state index in [2.05, 4.69) is 0 Å². The van der Waals surface area contributed by atoms with Crippen molar-refractivity contribution in [1.82, 2.24) is 0 Å². The number of Topliss-reactive ketones (excluding diaryl/α,β-unsaturated/α-hetero) is 2. The molecule has 0 heterocycles. The van der Waals surface area contributed by atoms with E-state index in [1.807, 2.05) is 12.1 Å². The molecule has 2 aromatic carbocycles. The zero-order valence-corrected chi connectivity index (χ0v) is 10.2. The summed E-state index contributed by atoms with van der Waals surface area (Å²) in [6.07, 6.45) is 0. The van der Waals surface area contributed by atoms with Crippen LogP contribution in [0.3, 0.4) is 0 Å². The second-order valence-electron chi connectivity index (χ2n) is 4.34. The smallest absolute Gasteiger partial charge is 0.236 e. The van der Waals surface area contributed by atoms with Gasteiger partial charge in [-0.3, -0.25) is 9.59 Å². The van der Waals surface area contributed by atoms with E-state index in [1.165, 1.54) is 0 Å². The summed E-state index contributed by atoms with van der Waals surface area (Å²) in [6.45, 7) is 0. The van der Waals surface area contributed by atoms with E-state index in [0.717, 1.165) is 5.39 Å². The van der Waals surface area contributed by atoms with Crippen LogP contribution in [0.15, 0.2) is 42.0 Å². The maximum atomic E-state index is 12.2. The van der Waals surface area contributed by atoms with Crippen molar-refractivity contribution < 1.29 is 9.59 Å². The van der Waals surface area contributed by atoms with Gasteiger partial charge in [-0.05, 0) is 16.3 Å². The number of nitrogens with zero attached hydrogens (tertiary/aromatic N) is 2. The van der Waals surface area contributed by atoms with Crippen molar-refractivity contribution in [2.75, 3.05) is 0 Å². The van der Waals surface area contributed by atoms with E-state index in [9.17, 15) is 9.59 Å². The van der Waals surface area contributed by atoms with Crippen LogP contribution in [0.25, 0.3) is 16.3 Å². The number of benzene rings is 2. The van der Waals surface area contributed by atoms with Crippen molar-refractivity contribution >= 4 is 27.9 Å². The number of hydrogen-bond donors (Lipinski definition) is 0. The Labute approximate surface area is 114 Å². The molecular weight excluding hydrogens is 252 g/mol. The average Bonchev–Trinajstić information content (AvgIpc) is 2.74. The van der Waals surface area contributed by atoms with Crippen molar-refractivity contribution in [2.24, 2.45) is 0 Å². The van der Waals surface area contributed by atoms with Crippen molar-refractivity contribution in [1.29, 1.82) is 10.5 Å². The molecule has 2 aromatic rings. The molecule has 0 aromatic heterocycles. The quantitative estimate of drug-likeness (QED) is 0.412. The molecule has 20 heavy (non-hydrogen) atoms. The SMILES string of the molecule is N#CC(C#N)=C1C(=O)C(=O)c2c1ccc1ccccc21. The van der Waals surface area contributed by atoms with Gasteiger partial charge in [0.15, 0.2) is 0 Å². The van der Waals surface area contributed by atoms with Gasteiger partial charge in [-0.2, -0.15) is 10.5 Å². The Bertz CT molecular complexity index is 892. The third-order valence-corrected chi connectivity index (χ3v) is 3.33. The lowest BCUT2D eigenvalue weighted by Crippen LogP contribution is -2.07. The van der Waals surface area contributed by atoms with Gasteiger partial charge in [-0.1, -0.05) is 36.4 Å². The number of carbonyl (C=O) groups excluding carboxylic acids is 2. The van der Waals surface area contributed by atoms with Crippen LogP contribution in [0.4, 0.5) is 0 Å². The lowest BCUT2D eigenvalue weighted by atomic mass is 9.98. The number of allylic oxidation sites excluding steroid dienone is 2. The summed E-state index contributed by atoms with van der Waals surface area (Å²) in [6, 6.07) is 13.9. The molecule has 0 fully saturated rings. The number of rotatable bonds is 0. The third-order valence-electron chi connectivity index (χ3n) is 3.33. The van der Waals surface area contributed by atoms with Gasteiger partial charge in [-0.15, -0.1) is 0 Å². The van der Waals surface area contributed by atoms with E-state index >= 15 is 0 Å². The Morgan fingerprint density at radius 3 is 2.30 bits per heavy atom. The standard InChI is InChI=1S/C16H6N2O2/c17-7-10(8-18)13-12-6-5-9-3-1-2-4-11(9)14(12)16(20)15(13)19/h1-6H. The number of nitriles is 2. The summed E-state index contributed by atoms with van der Waals surface area (Å²) in [5, 5.41) is 19.4. The first-order chi connectivity index (χ1) is 9.69. The molecule has 4 nitrogen and oxygen atoms in total. The summed E-state index contributed by atoms with van der Waals surface area (Å²) in [4.78, 5) is 24.2. The zero-order valence-electron chi connectivity index (χ0n) is 10.2. The molecule has 1 aliphatic carbocycles. The van der Waals surface area contributed by atoms with E-state index < -0.39 is 11.6 Å². The normalized spacial score (nSPS) is 13.0. The minimum atomic E-state index is -0.783. The summed E-state index contributed by atoms with van der Waals surface area (Å²) < 4.78 is 0. The van der Waals surface area contributed by atoms with Gasteiger partial charge < -0.3 is 0 Å². The Kier molecular flexibility index (Phi) is 2.45.